The molecule has 1 N–H and O–H groups in total. The van der Waals surface area contributed by atoms with Crippen LogP contribution >= 0.6 is 12.2 Å². The van der Waals surface area contributed by atoms with Crippen LogP contribution in [0.15, 0.2) is 60.3 Å². The van der Waals surface area contributed by atoms with Gasteiger partial charge in [0.05, 0.1) is 18.2 Å². The number of thiocarbonyl (C=S) groups is 1. The molecule has 1 aliphatic heterocycles. The molecule has 30 heavy (non-hydrogen) atoms. The number of nitrogens with zero attached hydrogens (tertiary/aromatic N) is 2. The zero-order chi connectivity index (χ0) is 21.4. The number of nitrogens with one attached hydrogen (secondary N) is 1. The Kier molecular flexibility index (Phi) is 4.88. The molecule has 2 aromatic carbocycles. The first-order chi connectivity index (χ1) is 14.4. The van der Waals surface area contributed by atoms with Crippen molar-refractivity contribution >= 4 is 57.8 Å². The van der Waals surface area contributed by atoms with Crippen LogP contribution in [0.1, 0.15) is 5.56 Å². The van der Waals surface area contributed by atoms with Gasteiger partial charge in [-0.25, -0.2) is 9.29 Å². The molecule has 2 heterocycles. The average molecular weight is 422 g/mol. The normalized spacial score (nSPS) is 15.7. The Bertz CT molecular complexity index is 1260. The van der Waals surface area contributed by atoms with Crippen molar-refractivity contribution in [1.82, 2.24) is 9.88 Å². The standard InChI is InChI=1S/C21H14FN3O4S/c22-15-6-2-4-8-17(15)25-20(29)14(19(28)23-21(25)30)9-12-10-24(11-18(26)27)16-7-3-1-5-13(12)16/h1-10H,11H2,(H,26,27)(H,23,28,30)/p-1/b14-9+. The van der Waals surface area contributed by atoms with Gasteiger partial charge in [-0.1, -0.05) is 30.3 Å². The third-order valence-electron chi connectivity index (χ3n) is 4.61. The monoisotopic (exact) mass is 422 g/mol. The average Bonchev–Trinajstić information content (AvgIpc) is 3.03. The van der Waals surface area contributed by atoms with Crippen LogP contribution < -0.4 is 15.3 Å². The number of carboxylic acid groups (broad SMARTS) is 1. The van der Waals surface area contributed by atoms with Gasteiger partial charge in [0, 0.05) is 22.7 Å². The van der Waals surface area contributed by atoms with Gasteiger partial charge in [-0.05, 0) is 36.5 Å². The summed E-state index contributed by atoms with van der Waals surface area (Å²) in [7, 11) is 0. The lowest BCUT2D eigenvalue weighted by Gasteiger charge is -2.29. The second-order valence-corrected chi connectivity index (χ2v) is 6.90. The van der Waals surface area contributed by atoms with E-state index in [4.69, 9.17) is 12.2 Å². The number of carbonyl (C=O) groups is 3. The Hall–Kier alpha value is -3.85. The molecule has 0 aliphatic carbocycles. The van der Waals surface area contributed by atoms with Crippen LogP contribution in [0.25, 0.3) is 17.0 Å². The van der Waals surface area contributed by atoms with Crippen LogP contribution in [0.2, 0.25) is 0 Å². The first-order valence-corrected chi connectivity index (χ1v) is 9.21. The Morgan fingerprint density at radius 2 is 1.83 bits per heavy atom. The predicted molar refractivity (Wildman–Crippen MR) is 110 cm³/mol. The summed E-state index contributed by atoms with van der Waals surface area (Å²) >= 11 is 5.07. The maximum absolute atomic E-state index is 14.3. The van der Waals surface area contributed by atoms with Crippen molar-refractivity contribution in [3.63, 3.8) is 0 Å². The van der Waals surface area contributed by atoms with Gasteiger partial charge < -0.3 is 14.5 Å². The van der Waals surface area contributed by atoms with Crippen LogP contribution in [0.4, 0.5) is 10.1 Å². The summed E-state index contributed by atoms with van der Waals surface area (Å²) in [5.41, 5.74) is 0.700. The minimum absolute atomic E-state index is 0.0854. The van der Waals surface area contributed by atoms with Crippen molar-refractivity contribution in [2.45, 2.75) is 6.54 Å². The van der Waals surface area contributed by atoms with Crippen molar-refractivity contribution in [2.24, 2.45) is 0 Å². The molecule has 0 spiro atoms. The van der Waals surface area contributed by atoms with Gasteiger partial charge in [-0.3, -0.25) is 14.9 Å². The van der Waals surface area contributed by atoms with Gasteiger partial charge >= 0.3 is 0 Å². The summed E-state index contributed by atoms with van der Waals surface area (Å²) in [6, 6.07) is 12.5. The van der Waals surface area contributed by atoms with E-state index in [0.717, 1.165) is 4.90 Å². The van der Waals surface area contributed by atoms with Gasteiger partial charge in [0.15, 0.2) is 5.11 Å². The van der Waals surface area contributed by atoms with Crippen LogP contribution in [-0.4, -0.2) is 27.5 Å². The highest BCUT2D eigenvalue weighted by atomic mass is 32.1. The fourth-order valence-electron chi connectivity index (χ4n) is 3.32. The number of hydrogen-bond acceptors (Lipinski definition) is 5. The number of amides is 2. The van der Waals surface area contributed by atoms with E-state index >= 15 is 0 Å². The molecule has 0 radical (unpaired) electrons. The number of para-hydroxylation sites is 2. The molecule has 4 rings (SSSR count). The Balaban J connectivity index is 1.82. The second-order valence-electron chi connectivity index (χ2n) is 6.51. The fourth-order valence-corrected chi connectivity index (χ4v) is 3.60. The molecule has 9 heteroatoms. The van der Waals surface area contributed by atoms with E-state index in [0.29, 0.717) is 16.5 Å². The quantitative estimate of drug-likeness (QED) is 0.389. The summed E-state index contributed by atoms with van der Waals surface area (Å²) in [5.74, 6) is -3.47. The van der Waals surface area contributed by atoms with E-state index in [1.54, 1.807) is 30.3 Å². The van der Waals surface area contributed by atoms with E-state index in [1.165, 1.54) is 35.0 Å². The van der Waals surface area contributed by atoms with E-state index in [9.17, 15) is 23.9 Å². The minimum atomic E-state index is -1.28. The first kappa shape index (κ1) is 19.5. The van der Waals surface area contributed by atoms with Crippen molar-refractivity contribution < 1.29 is 23.9 Å². The molecule has 1 saturated heterocycles. The summed E-state index contributed by atoms with van der Waals surface area (Å²) in [6.07, 6.45) is 2.84. The largest absolute Gasteiger partial charge is 0.548 e. The van der Waals surface area contributed by atoms with Gasteiger partial charge in [0.25, 0.3) is 11.8 Å². The summed E-state index contributed by atoms with van der Waals surface area (Å²) < 4.78 is 15.7. The molecule has 0 unspecified atom stereocenters. The highest BCUT2D eigenvalue weighted by Crippen LogP contribution is 2.27. The molecular formula is C21H13FN3O4S-. The number of aromatic nitrogens is 1. The van der Waals surface area contributed by atoms with E-state index in [-0.39, 0.29) is 16.4 Å². The number of halogens is 1. The maximum atomic E-state index is 14.3. The third kappa shape index (κ3) is 3.35. The lowest BCUT2D eigenvalue weighted by atomic mass is 10.1. The van der Waals surface area contributed by atoms with Gasteiger partial charge in [-0.15, -0.1) is 0 Å². The summed E-state index contributed by atoms with van der Waals surface area (Å²) in [5, 5.41) is 13.9. The number of rotatable bonds is 4. The third-order valence-corrected chi connectivity index (χ3v) is 4.90. The molecule has 1 aromatic heterocycles. The van der Waals surface area contributed by atoms with Crippen molar-refractivity contribution in [1.29, 1.82) is 0 Å². The number of fused-ring (bicyclic) bond motifs is 1. The molecular weight excluding hydrogens is 409 g/mol. The fraction of sp³-hybridized carbons (Fsp3) is 0.0476. The van der Waals surface area contributed by atoms with Crippen molar-refractivity contribution in [2.75, 3.05) is 4.90 Å². The van der Waals surface area contributed by atoms with E-state index in [1.807, 2.05) is 0 Å². The molecule has 0 bridgehead atoms. The maximum Gasteiger partial charge on any atom is 0.270 e. The number of aliphatic carboxylic acids is 1. The Morgan fingerprint density at radius 3 is 2.57 bits per heavy atom. The molecule has 3 aromatic rings. The summed E-state index contributed by atoms with van der Waals surface area (Å²) in [4.78, 5) is 37.5. The number of carboxylic acids is 1. The zero-order valence-corrected chi connectivity index (χ0v) is 16.1. The lowest BCUT2D eigenvalue weighted by molar-refractivity contribution is -0.306. The van der Waals surface area contributed by atoms with Crippen LogP contribution in [0.3, 0.4) is 0 Å². The van der Waals surface area contributed by atoms with Gasteiger partial charge in [-0.2, -0.15) is 0 Å². The summed E-state index contributed by atoms with van der Waals surface area (Å²) in [6.45, 7) is -0.394. The number of hydrogen-bond donors (Lipinski definition) is 1. The molecule has 150 valence electrons. The molecule has 0 atom stereocenters. The first-order valence-electron chi connectivity index (χ1n) is 8.80. The van der Waals surface area contributed by atoms with E-state index in [2.05, 4.69) is 5.32 Å². The van der Waals surface area contributed by atoms with Gasteiger partial charge in [0.1, 0.15) is 11.4 Å². The number of benzene rings is 2. The van der Waals surface area contributed by atoms with Crippen molar-refractivity contribution in [3.8, 4) is 0 Å². The molecule has 1 aliphatic rings. The molecule has 1 fully saturated rings. The highest BCUT2D eigenvalue weighted by Gasteiger charge is 2.35. The predicted octanol–water partition coefficient (Wildman–Crippen LogP) is 1.36. The second kappa shape index (κ2) is 7.53. The van der Waals surface area contributed by atoms with Crippen molar-refractivity contribution in [3.05, 3.63) is 71.7 Å². The minimum Gasteiger partial charge on any atom is -0.548 e. The topological polar surface area (TPSA) is 94.5 Å². The number of carbonyl (C=O) groups excluding carboxylic acids is 3. The van der Waals surface area contributed by atoms with Crippen LogP contribution in [0, 0.1) is 5.82 Å². The van der Waals surface area contributed by atoms with Crippen LogP contribution in [0.5, 0.6) is 0 Å². The van der Waals surface area contributed by atoms with Crippen LogP contribution in [-0.2, 0) is 20.9 Å². The zero-order valence-electron chi connectivity index (χ0n) is 15.3. The number of anilines is 1. The lowest BCUT2D eigenvalue weighted by Crippen LogP contribution is -2.54. The SMILES string of the molecule is O=C([O-])Cn1cc(/C=C2\C(=O)NC(=S)N(c3ccccc3F)C2=O)c2ccccc21. The Labute approximate surface area is 175 Å². The molecule has 2 amide bonds. The Morgan fingerprint density at radius 1 is 1.13 bits per heavy atom. The molecule has 7 nitrogen and oxygen atoms in total. The van der Waals surface area contributed by atoms with E-state index < -0.39 is 30.1 Å². The highest BCUT2D eigenvalue weighted by molar-refractivity contribution is 7.80. The van der Waals surface area contributed by atoms with Gasteiger partial charge in [0.2, 0.25) is 0 Å². The molecule has 0 saturated carbocycles. The smallest absolute Gasteiger partial charge is 0.270 e.